The third-order valence-electron chi connectivity index (χ3n) is 4.67. The van der Waals surface area contributed by atoms with E-state index < -0.39 is 17.8 Å². The zero-order valence-corrected chi connectivity index (χ0v) is 18.5. The summed E-state index contributed by atoms with van der Waals surface area (Å²) in [6.07, 6.45) is 1.52. The van der Waals surface area contributed by atoms with Crippen molar-refractivity contribution in [2.75, 3.05) is 12.4 Å². The van der Waals surface area contributed by atoms with Crippen LogP contribution in [0.3, 0.4) is 0 Å². The largest absolute Gasteiger partial charge is 0.493 e. The van der Waals surface area contributed by atoms with Crippen LogP contribution in [0, 0.1) is 6.92 Å². The van der Waals surface area contributed by atoms with Crippen molar-refractivity contribution in [1.29, 1.82) is 0 Å². The predicted molar refractivity (Wildman–Crippen MR) is 126 cm³/mol. The summed E-state index contributed by atoms with van der Waals surface area (Å²) in [5.41, 5.74) is 2.52. The Hall–Kier alpha value is -4.39. The number of methoxy groups -OCH3 is 1. The number of benzene rings is 3. The quantitative estimate of drug-likeness (QED) is 0.321. The van der Waals surface area contributed by atoms with Crippen molar-refractivity contribution in [2.45, 2.75) is 13.8 Å². The van der Waals surface area contributed by atoms with Gasteiger partial charge in [-0.15, -0.1) is 0 Å². The summed E-state index contributed by atoms with van der Waals surface area (Å²) in [6.45, 7) is 3.17. The lowest BCUT2D eigenvalue weighted by molar-refractivity contribution is -0.132. The van der Waals surface area contributed by atoms with Crippen LogP contribution in [0.2, 0.25) is 0 Å². The predicted octanol–water partition coefficient (Wildman–Crippen LogP) is 4.34. The van der Waals surface area contributed by atoms with Crippen molar-refractivity contribution in [3.05, 3.63) is 95.2 Å². The lowest BCUT2D eigenvalue weighted by atomic mass is 10.1. The van der Waals surface area contributed by atoms with E-state index in [4.69, 9.17) is 9.47 Å². The van der Waals surface area contributed by atoms with Crippen molar-refractivity contribution >= 4 is 29.5 Å². The first-order valence-electron chi connectivity index (χ1n) is 10.2. The molecule has 3 aromatic carbocycles. The summed E-state index contributed by atoms with van der Waals surface area (Å²) in [7, 11) is 1.44. The lowest BCUT2D eigenvalue weighted by Crippen LogP contribution is -2.30. The molecule has 0 spiro atoms. The number of carbonyl (C=O) groups is 3. The Morgan fingerprint density at radius 1 is 0.879 bits per heavy atom. The van der Waals surface area contributed by atoms with E-state index in [-0.39, 0.29) is 11.4 Å². The maximum absolute atomic E-state index is 13.1. The number of hydrogen-bond acceptors (Lipinski definition) is 5. The molecule has 7 heteroatoms. The Balaban J connectivity index is 1.96. The van der Waals surface area contributed by atoms with Crippen LogP contribution in [0.5, 0.6) is 11.5 Å². The van der Waals surface area contributed by atoms with Gasteiger partial charge in [-0.3, -0.25) is 14.4 Å². The first-order chi connectivity index (χ1) is 15.9. The monoisotopic (exact) mass is 444 g/mol. The molecular formula is C26H24N2O5. The van der Waals surface area contributed by atoms with Gasteiger partial charge in [-0.25, -0.2) is 0 Å². The second kappa shape index (κ2) is 10.8. The molecule has 2 amide bonds. The molecule has 0 saturated heterocycles. The van der Waals surface area contributed by atoms with Crippen LogP contribution in [0.1, 0.15) is 28.4 Å². The molecule has 33 heavy (non-hydrogen) atoms. The van der Waals surface area contributed by atoms with Crippen molar-refractivity contribution < 1.29 is 23.9 Å². The second-order valence-corrected chi connectivity index (χ2v) is 7.15. The van der Waals surface area contributed by atoms with E-state index in [1.165, 1.54) is 20.1 Å². The fourth-order valence-corrected chi connectivity index (χ4v) is 3.02. The van der Waals surface area contributed by atoms with Crippen molar-refractivity contribution in [3.8, 4) is 11.5 Å². The maximum atomic E-state index is 13.1. The number of anilines is 1. The SMILES string of the molecule is COc1cc(/C=C(\NC(=O)c2ccccc2)C(=O)Nc2ccccc2C)ccc1OC(C)=O. The number of esters is 1. The number of nitrogens with one attached hydrogen (secondary N) is 2. The molecule has 168 valence electrons. The van der Waals surface area contributed by atoms with Gasteiger partial charge in [-0.1, -0.05) is 42.5 Å². The summed E-state index contributed by atoms with van der Waals surface area (Å²) >= 11 is 0. The van der Waals surface area contributed by atoms with Gasteiger partial charge in [0.2, 0.25) is 0 Å². The van der Waals surface area contributed by atoms with Crippen LogP contribution in [0.4, 0.5) is 5.69 Å². The average Bonchev–Trinajstić information content (AvgIpc) is 2.81. The van der Waals surface area contributed by atoms with E-state index >= 15 is 0 Å². The lowest BCUT2D eigenvalue weighted by Gasteiger charge is -2.13. The van der Waals surface area contributed by atoms with Crippen LogP contribution < -0.4 is 20.1 Å². The number of hydrogen-bond donors (Lipinski definition) is 2. The van der Waals surface area contributed by atoms with Gasteiger partial charge in [0.25, 0.3) is 11.8 Å². The van der Waals surface area contributed by atoms with E-state index in [1.54, 1.807) is 54.6 Å². The van der Waals surface area contributed by atoms with E-state index in [9.17, 15) is 14.4 Å². The summed E-state index contributed by atoms with van der Waals surface area (Å²) < 4.78 is 10.4. The third-order valence-corrected chi connectivity index (χ3v) is 4.67. The highest BCUT2D eigenvalue weighted by Crippen LogP contribution is 2.29. The molecule has 0 heterocycles. The van der Waals surface area contributed by atoms with Crippen LogP contribution in [0.15, 0.2) is 78.5 Å². The molecule has 0 saturated carbocycles. The maximum Gasteiger partial charge on any atom is 0.308 e. The van der Waals surface area contributed by atoms with Crippen LogP contribution >= 0.6 is 0 Å². The van der Waals surface area contributed by atoms with Crippen molar-refractivity contribution in [1.82, 2.24) is 5.32 Å². The average molecular weight is 444 g/mol. The summed E-state index contributed by atoms with van der Waals surface area (Å²) in [4.78, 5) is 37.2. The Morgan fingerprint density at radius 3 is 2.24 bits per heavy atom. The van der Waals surface area contributed by atoms with Gasteiger partial charge in [0.1, 0.15) is 5.70 Å². The molecule has 0 bridgehead atoms. The van der Waals surface area contributed by atoms with Crippen LogP contribution in [-0.4, -0.2) is 24.9 Å². The number of aryl methyl sites for hydroxylation is 1. The number of rotatable bonds is 7. The molecule has 0 atom stereocenters. The molecule has 7 nitrogen and oxygen atoms in total. The summed E-state index contributed by atoms with van der Waals surface area (Å²) in [5.74, 6) is -0.833. The van der Waals surface area contributed by atoms with Crippen LogP contribution in [-0.2, 0) is 9.59 Å². The third kappa shape index (κ3) is 6.30. The fraction of sp³-hybridized carbons (Fsp3) is 0.115. The van der Waals surface area contributed by atoms with Crippen molar-refractivity contribution in [3.63, 3.8) is 0 Å². The van der Waals surface area contributed by atoms with E-state index in [0.717, 1.165) is 5.56 Å². The van der Waals surface area contributed by atoms with Gasteiger partial charge in [0.15, 0.2) is 11.5 Å². The Kier molecular flexibility index (Phi) is 7.60. The van der Waals surface area contributed by atoms with E-state index in [0.29, 0.717) is 22.6 Å². The zero-order chi connectivity index (χ0) is 23.8. The summed E-state index contributed by atoms with van der Waals surface area (Å²) in [5, 5.41) is 5.52. The minimum Gasteiger partial charge on any atom is -0.493 e. The first-order valence-corrected chi connectivity index (χ1v) is 10.2. The fourth-order valence-electron chi connectivity index (χ4n) is 3.02. The molecule has 2 N–H and O–H groups in total. The molecule has 0 aliphatic heterocycles. The van der Waals surface area contributed by atoms with E-state index in [2.05, 4.69) is 10.6 Å². The molecular weight excluding hydrogens is 420 g/mol. The van der Waals surface area contributed by atoms with Gasteiger partial charge in [-0.05, 0) is 54.5 Å². The number of para-hydroxylation sites is 1. The number of carbonyl (C=O) groups excluding carboxylic acids is 3. The Labute approximate surface area is 192 Å². The van der Waals surface area contributed by atoms with Crippen LogP contribution in [0.25, 0.3) is 6.08 Å². The number of amides is 2. The Morgan fingerprint density at radius 2 is 1.58 bits per heavy atom. The van der Waals surface area contributed by atoms with Gasteiger partial charge < -0.3 is 20.1 Å². The second-order valence-electron chi connectivity index (χ2n) is 7.15. The topological polar surface area (TPSA) is 93.7 Å². The number of ether oxygens (including phenoxy) is 2. The minimum absolute atomic E-state index is 0.0365. The first kappa shape index (κ1) is 23.3. The smallest absolute Gasteiger partial charge is 0.308 e. The van der Waals surface area contributed by atoms with Crippen molar-refractivity contribution in [2.24, 2.45) is 0 Å². The standard InChI is InChI=1S/C26H24N2O5/c1-17-9-7-8-12-21(17)27-26(31)22(28-25(30)20-10-5-4-6-11-20)15-19-13-14-23(33-18(2)29)24(16-19)32-3/h4-16H,1-3H3,(H,27,31)(H,28,30)/b22-15-. The highest BCUT2D eigenvalue weighted by atomic mass is 16.6. The molecule has 0 aliphatic carbocycles. The highest BCUT2D eigenvalue weighted by molar-refractivity contribution is 6.10. The molecule has 0 aliphatic rings. The highest BCUT2D eigenvalue weighted by Gasteiger charge is 2.16. The molecule has 0 aromatic heterocycles. The van der Waals surface area contributed by atoms with E-state index in [1.807, 2.05) is 25.1 Å². The normalized spacial score (nSPS) is 10.8. The molecule has 0 unspecified atom stereocenters. The van der Waals surface area contributed by atoms with Gasteiger partial charge >= 0.3 is 5.97 Å². The molecule has 0 fully saturated rings. The summed E-state index contributed by atoms with van der Waals surface area (Å²) in [6, 6.07) is 20.7. The molecule has 0 radical (unpaired) electrons. The van der Waals surface area contributed by atoms with Gasteiger partial charge in [0, 0.05) is 18.2 Å². The molecule has 3 rings (SSSR count). The Bertz CT molecular complexity index is 1200. The van der Waals surface area contributed by atoms with Gasteiger partial charge in [0.05, 0.1) is 7.11 Å². The minimum atomic E-state index is -0.489. The zero-order valence-electron chi connectivity index (χ0n) is 18.5. The molecule has 3 aromatic rings. The van der Waals surface area contributed by atoms with Gasteiger partial charge in [-0.2, -0.15) is 0 Å².